The third-order valence-corrected chi connectivity index (χ3v) is 7.45. The molecule has 3 aromatic heterocycles. The minimum atomic E-state index is -0.403. The fraction of sp³-hybridized carbons (Fsp3) is 0.435. The van der Waals surface area contributed by atoms with E-state index in [1.807, 2.05) is 23.1 Å². The molecule has 1 amide bonds. The van der Waals surface area contributed by atoms with Crippen LogP contribution in [0.4, 0.5) is 0 Å². The van der Waals surface area contributed by atoms with Crippen LogP contribution >= 0.6 is 11.3 Å². The first-order valence-electron chi connectivity index (χ1n) is 11.4. The van der Waals surface area contributed by atoms with E-state index in [1.165, 1.54) is 16.3 Å². The summed E-state index contributed by atoms with van der Waals surface area (Å²) in [7, 11) is 3.06. The van der Waals surface area contributed by atoms with Gasteiger partial charge in [-0.25, -0.2) is 14.8 Å². The molecule has 1 saturated heterocycles. The monoisotopic (exact) mass is 481 g/mol. The average molecular weight is 482 g/mol. The van der Waals surface area contributed by atoms with Gasteiger partial charge in [0.1, 0.15) is 5.01 Å². The number of hydrogen-bond donors (Lipinski definition) is 0. The predicted molar refractivity (Wildman–Crippen MR) is 131 cm³/mol. The zero-order chi connectivity index (χ0) is 23.8. The van der Waals surface area contributed by atoms with Crippen molar-refractivity contribution < 1.29 is 4.79 Å². The van der Waals surface area contributed by atoms with Crippen molar-refractivity contribution in [3.05, 3.63) is 56.4 Å². The van der Waals surface area contributed by atoms with Crippen molar-refractivity contribution in [3.63, 3.8) is 0 Å². The van der Waals surface area contributed by atoms with E-state index in [4.69, 9.17) is 4.98 Å². The molecule has 1 aromatic carbocycles. The second-order valence-electron chi connectivity index (χ2n) is 8.65. The van der Waals surface area contributed by atoms with Gasteiger partial charge in [-0.1, -0.05) is 12.1 Å². The van der Waals surface area contributed by atoms with E-state index in [0.717, 1.165) is 34.7 Å². The highest BCUT2D eigenvalue weighted by molar-refractivity contribution is 7.18. The molecule has 5 rings (SSSR count). The fourth-order valence-electron chi connectivity index (χ4n) is 4.46. The summed E-state index contributed by atoms with van der Waals surface area (Å²) in [5, 5.41) is 1.11. The second kappa shape index (κ2) is 9.15. The number of aromatic nitrogens is 5. The van der Waals surface area contributed by atoms with Crippen LogP contribution in [0.15, 0.2) is 40.2 Å². The molecule has 4 aromatic rings. The van der Waals surface area contributed by atoms with Crippen molar-refractivity contribution in [1.29, 1.82) is 0 Å². The highest BCUT2D eigenvalue weighted by Crippen LogP contribution is 2.23. The van der Waals surface area contributed by atoms with Crippen LogP contribution in [-0.4, -0.2) is 65.6 Å². The minimum Gasteiger partial charge on any atom is -0.340 e. The number of fused-ring (bicyclic) bond motifs is 2. The van der Waals surface area contributed by atoms with E-state index in [9.17, 15) is 14.4 Å². The van der Waals surface area contributed by atoms with Crippen LogP contribution in [0, 0.1) is 0 Å². The number of amides is 1. The summed E-state index contributed by atoms with van der Waals surface area (Å²) in [5.41, 5.74) is 1.03. The SMILES string of the molecule is Cn1c(=O)c2c(ncn2CCCC(=O)N2CCN(Cc3nc4ccccc4s3)CC2)n(C)c1=O. The molecule has 1 fully saturated rings. The Balaban J connectivity index is 1.14. The fourth-order valence-corrected chi connectivity index (χ4v) is 5.47. The number of rotatable bonds is 6. The molecule has 0 spiro atoms. The maximum atomic E-state index is 12.8. The van der Waals surface area contributed by atoms with E-state index in [1.54, 1.807) is 29.3 Å². The largest absolute Gasteiger partial charge is 0.340 e. The van der Waals surface area contributed by atoms with Gasteiger partial charge < -0.3 is 9.47 Å². The van der Waals surface area contributed by atoms with Crippen LogP contribution < -0.4 is 11.2 Å². The molecule has 0 atom stereocenters. The zero-order valence-electron chi connectivity index (χ0n) is 19.3. The number of carbonyl (C=O) groups excluding carboxylic acids is 1. The van der Waals surface area contributed by atoms with Gasteiger partial charge in [-0.2, -0.15) is 0 Å². The molecule has 11 heteroatoms. The summed E-state index contributed by atoms with van der Waals surface area (Å²) in [4.78, 5) is 50.6. The first-order valence-corrected chi connectivity index (χ1v) is 12.2. The molecular weight excluding hydrogens is 454 g/mol. The molecule has 0 bridgehead atoms. The van der Waals surface area contributed by atoms with Crippen molar-refractivity contribution in [2.75, 3.05) is 26.2 Å². The Morgan fingerprint density at radius 1 is 1.06 bits per heavy atom. The number of para-hydroxylation sites is 1. The summed E-state index contributed by atoms with van der Waals surface area (Å²) < 4.78 is 5.39. The van der Waals surface area contributed by atoms with Crippen LogP contribution in [0.25, 0.3) is 21.4 Å². The van der Waals surface area contributed by atoms with Gasteiger partial charge in [0.05, 0.1) is 23.1 Å². The Labute approximate surface area is 199 Å². The Kier molecular flexibility index (Phi) is 6.05. The average Bonchev–Trinajstić information content (AvgIpc) is 3.45. The first kappa shape index (κ1) is 22.5. The molecule has 1 aliphatic rings. The molecule has 34 heavy (non-hydrogen) atoms. The number of thiazole rings is 1. The summed E-state index contributed by atoms with van der Waals surface area (Å²) in [5.74, 6) is 0.129. The molecule has 0 N–H and O–H groups in total. The molecule has 10 nitrogen and oxygen atoms in total. The number of piperazine rings is 1. The number of benzene rings is 1. The highest BCUT2D eigenvalue weighted by Gasteiger charge is 2.22. The summed E-state index contributed by atoms with van der Waals surface area (Å²) >= 11 is 1.73. The predicted octanol–water partition coefficient (Wildman–Crippen LogP) is 1.17. The lowest BCUT2D eigenvalue weighted by Crippen LogP contribution is -2.48. The molecule has 178 valence electrons. The van der Waals surface area contributed by atoms with Gasteiger partial charge in [0.15, 0.2) is 11.2 Å². The van der Waals surface area contributed by atoms with E-state index < -0.39 is 5.69 Å². The lowest BCUT2D eigenvalue weighted by Gasteiger charge is -2.34. The molecule has 0 radical (unpaired) electrons. The second-order valence-corrected chi connectivity index (χ2v) is 9.77. The third kappa shape index (κ3) is 4.16. The van der Waals surface area contributed by atoms with E-state index in [2.05, 4.69) is 16.0 Å². The Hall–Kier alpha value is -3.31. The molecule has 0 unspecified atom stereocenters. The maximum absolute atomic E-state index is 12.8. The Morgan fingerprint density at radius 2 is 1.82 bits per heavy atom. The maximum Gasteiger partial charge on any atom is 0.332 e. The lowest BCUT2D eigenvalue weighted by molar-refractivity contribution is -0.133. The molecule has 4 heterocycles. The van der Waals surface area contributed by atoms with Crippen molar-refractivity contribution in [2.45, 2.75) is 25.9 Å². The standard InChI is InChI=1S/C23H27N7O3S/c1-26-21-20(22(32)27(2)23(26)33)30(15-24-21)9-5-8-19(31)29-12-10-28(11-13-29)14-18-25-16-6-3-4-7-17(16)34-18/h3-4,6-7,15H,5,8-14H2,1-2H3. The van der Waals surface area contributed by atoms with Crippen LogP contribution in [-0.2, 0) is 32.0 Å². The topological polar surface area (TPSA) is 98.3 Å². The molecule has 0 saturated carbocycles. The van der Waals surface area contributed by atoms with Gasteiger partial charge in [0.25, 0.3) is 5.56 Å². The van der Waals surface area contributed by atoms with Crippen molar-refractivity contribution in [2.24, 2.45) is 14.1 Å². The summed E-state index contributed by atoms with van der Waals surface area (Å²) in [6.07, 6.45) is 2.57. The van der Waals surface area contributed by atoms with Gasteiger partial charge in [0, 0.05) is 53.2 Å². The van der Waals surface area contributed by atoms with Crippen LogP contribution in [0.3, 0.4) is 0 Å². The minimum absolute atomic E-state index is 0.129. The smallest absolute Gasteiger partial charge is 0.332 e. The Morgan fingerprint density at radius 3 is 2.59 bits per heavy atom. The number of carbonyl (C=O) groups is 1. The van der Waals surface area contributed by atoms with Crippen LogP contribution in [0.5, 0.6) is 0 Å². The lowest BCUT2D eigenvalue weighted by atomic mass is 10.2. The summed E-state index contributed by atoms with van der Waals surface area (Å²) in [6.45, 7) is 4.39. The van der Waals surface area contributed by atoms with Crippen molar-refractivity contribution >= 4 is 38.6 Å². The van der Waals surface area contributed by atoms with Gasteiger partial charge in [-0.05, 0) is 18.6 Å². The number of nitrogens with zero attached hydrogens (tertiary/aromatic N) is 7. The van der Waals surface area contributed by atoms with Gasteiger partial charge in [-0.15, -0.1) is 11.3 Å². The van der Waals surface area contributed by atoms with Crippen LogP contribution in [0.2, 0.25) is 0 Å². The molecule has 0 aliphatic carbocycles. The summed E-state index contributed by atoms with van der Waals surface area (Å²) in [6, 6.07) is 8.18. The number of aryl methyl sites for hydroxylation is 2. The van der Waals surface area contributed by atoms with Gasteiger partial charge in [-0.3, -0.25) is 23.6 Å². The zero-order valence-corrected chi connectivity index (χ0v) is 20.1. The van der Waals surface area contributed by atoms with Crippen molar-refractivity contribution in [3.8, 4) is 0 Å². The van der Waals surface area contributed by atoms with Gasteiger partial charge in [0.2, 0.25) is 5.91 Å². The number of imidazole rings is 1. The third-order valence-electron chi connectivity index (χ3n) is 6.43. The van der Waals surface area contributed by atoms with E-state index in [-0.39, 0.29) is 11.5 Å². The quantitative estimate of drug-likeness (QED) is 0.410. The van der Waals surface area contributed by atoms with Gasteiger partial charge >= 0.3 is 5.69 Å². The first-order chi connectivity index (χ1) is 16.4. The van der Waals surface area contributed by atoms with E-state index in [0.29, 0.717) is 43.6 Å². The normalized spacial score (nSPS) is 14.9. The molecule has 1 aliphatic heterocycles. The van der Waals surface area contributed by atoms with Crippen molar-refractivity contribution in [1.82, 2.24) is 33.5 Å². The number of hydrogen-bond acceptors (Lipinski definition) is 7. The Bertz CT molecular complexity index is 1440. The highest BCUT2D eigenvalue weighted by atomic mass is 32.1. The van der Waals surface area contributed by atoms with Crippen LogP contribution in [0.1, 0.15) is 17.8 Å². The molecular formula is C23H27N7O3S. The van der Waals surface area contributed by atoms with E-state index >= 15 is 0 Å².